The summed E-state index contributed by atoms with van der Waals surface area (Å²) in [5.74, 6) is -5.83. The Hall–Kier alpha value is -3.07. The molecule has 0 aromatic carbocycles. The number of aliphatic hydroxyl groups is 3. The van der Waals surface area contributed by atoms with Gasteiger partial charge in [-0.15, -0.1) is 0 Å². The minimum atomic E-state index is -2.40. The number of carbonyl (C=O) groups excluding carboxylic acids is 3. The first kappa shape index (κ1) is 34.0. The second kappa shape index (κ2) is 9.87. The molecular formula is C37H46O13. The number of cyclic esters (lactones) is 1. The number of allylic oxidation sites excluding steroid dienone is 1. The summed E-state index contributed by atoms with van der Waals surface area (Å²) in [5.41, 5.74) is -10.8. The molecule has 8 rings (SSSR count). The predicted octanol–water partition coefficient (Wildman–Crippen LogP) is 3.16. The molecule has 4 heterocycles. The van der Waals surface area contributed by atoms with Crippen molar-refractivity contribution < 1.29 is 62.5 Å². The lowest BCUT2D eigenvalue weighted by molar-refractivity contribution is -0.457. The largest absolute Gasteiger partial charge is 0.472 e. The van der Waals surface area contributed by atoms with Crippen molar-refractivity contribution >= 4 is 17.9 Å². The van der Waals surface area contributed by atoms with Gasteiger partial charge in [-0.2, -0.15) is 0 Å². The molecule has 1 spiro atoms. The quantitative estimate of drug-likeness (QED) is 0.215. The van der Waals surface area contributed by atoms with E-state index >= 15 is 0 Å². The van der Waals surface area contributed by atoms with E-state index in [1.165, 1.54) is 18.6 Å². The zero-order valence-electron chi connectivity index (χ0n) is 29.6. The van der Waals surface area contributed by atoms with Crippen molar-refractivity contribution in [3.05, 3.63) is 47.5 Å². The van der Waals surface area contributed by atoms with Gasteiger partial charge in [-0.3, -0.25) is 0 Å². The SMILES string of the molecule is C/C=C(\C)C(=O)O[C@@H]1C2(O)[C@H]3OC4(C(C)CC)OC35C3=CC(=O)O[C@@H](c6ccoc6)[C@]3(C)CCC5(O4)[C@]3(C)[C@@H]([C@@H](O)C(=O)OC)[C@@]1(C)C[C@]23O. The number of furan rings is 1. The molecular weight excluding hydrogens is 652 g/mol. The number of ether oxygens (including phenoxy) is 6. The summed E-state index contributed by atoms with van der Waals surface area (Å²) in [6.07, 6.45) is 1.14. The van der Waals surface area contributed by atoms with E-state index in [0.717, 1.165) is 7.11 Å². The van der Waals surface area contributed by atoms with Gasteiger partial charge < -0.3 is 48.2 Å². The molecule has 4 aliphatic carbocycles. The summed E-state index contributed by atoms with van der Waals surface area (Å²) in [7, 11) is 1.15. The topological polar surface area (TPSA) is 180 Å². The fourth-order valence-corrected chi connectivity index (χ4v) is 12.1. The second-order valence-corrected chi connectivity index (χ2v) is 16.3. The number of fused-ring (bicyclic) bond motifs is 4. The Morgan fingerprint density at radius 1 is 1.16 bits per heavy atom. The molecule has 5 unspecified atom stereocenters. The van der Waals surface area contributed by atoms with E-state index in [2.05, 4.69) is 0 Å². The van der Waals surface area contributed by atoms with Gasteiger partial charge in [-0.05, 0) is 51.2 Å². The molecule has 1 aromatic rings. The van der Waals surface area contributed by atoms with E-state index in [4.69, 9.17) is 32.8 Å². The molecule has 50 heavy (non-hydrogen) atoms. The molecule has 0 amide bonds. The van der Waals surface area contributed by atoms with Crippen LogP contribution >= 0.6 is 0 Å². The highest BCUT2D eigenvalue weighted by molar-refractivity contribution is 5.88. The zero-order valence-corrected chi connectivity index (χ0v) is 29.6. The van der Waals surface area contributed by atoms with E-state index in [1.807, 2.05) is 20.8 Å². The summed E-state index contributed by atoms with van der Waals surface area (Å²) >= 11 is 0. The van der Waals surface area contributed by atoms with Gasteiger partial charge in [0.05, 0.1) is 19.6 Å². The van der Waals surface area contributed by atoms with Crippen LogP contribution in [0.25, 0.3) is 0 Å². The highest BCUT2D eigenvalue weighted by Crippen LogP contribution is 2.88. The minimum Gasteiger partial charge on any atom is -0.472 e. The van der Waals surface area contributed by atoms with Crippen LogP contribution in [0.4, 0.5) is 0 Å². The number of aliphatic hydroxyl groups excluding tert-OH is 1. The van der Waals surface area contributed by atoms with Crippen LogP contribution in [0.5, 0.6) is 0 Å². The van der Waals surface area contributed by atoms with Crippen molar-refractivity contribution in [3.8, 4) is 0 Å². The zero-order chi connectivity index (χ0) is 36.2. The first-order valence-corrected chi connectivity index (χ1v) is 17.5. The van der Waals surface area contributed by atoms with E-state index in [0.29, 0.717) is 24.0 Å². The first-order chi connectivity index (χ1) is 23.4. The van der Waals surface area contributed by atoms with Crippen LogP contribution in [0.15, 0.2) is 46.3 Å². The Morgan fingerprint density at radius 2 is 1.88 bits per heavy atom. The van der Waals surface area contributed by atoms with E-state index in [-0.39, 0.29) is 18.4 Å². The van der Waals surface area contributed by atoms with Gasteiger partial charge in [0.2, 0.25) is 0 Å². The summed E-state index contributed by atoms with van der Waals surface area (Å²) in [6.45, 7) is 12.4. The molecule has 0 radical (unpaired) electrons. The Morgan fingerprint density at radius 3 is 2.50 bits per heavy atom. The average Bonchev–Trinajstić information content (AvgIpc) is 3.87. The molecule has 2 saturated heterocycles. The van der Waals surface area contributed by atoms with Crippen LogP contribution in [0.1, 0.15) is 85.8 Å². The van der Waals surface area contributed by atoms with Gasteiger partial charge in [-0.1, -0.05) is 40.7 Å². The average molecular weight is 699 g/mol. The normalized spacial score (nSPS) is 50.6. The van der Waals surface area contributed by atoms with Crippen LogP contribution in [-0.4, -0.2) is 87.0 Å². The second-order valence-electron chi connectivity index (χ2n) is 16.3. The van der Waals surface area contributed by atoms with Crippen molar-refractivity contribution in [1.29, 1.82) is 0 Å². The summed E-state index contributed by atoms with van der Waals surface area (Å²) in [6, 6.07) is 1.72. The van der Waals surface area contributed by atoms with Crippen LogP contribution in [0, 0.1) is 28.1 Å². The van der Waals surface area contributed by atoms with Crippen molar-refractivity contribution in [3.63, 3.8) is 0 Å². The van der Waals surface area contributed by atoms with E-state index < -0.39 is 98.8 Å². The van der Waals surface area contributed by atoms with Crippen LogP contribution < -0.4 is 0 Å². The number of rotatable bonds is 7. The lowest BCUT2D eigenvalue weighted by Crippen LogP contribution is -2.92. The van der Waals surface area contributed by atoms with Gasteiger partial charge in [0.1, 0.15) is 29.5 Å². The van der Waals surface area contributed by atoms with Crippen molar-refractivity contribution in [1.82, 2.24) is 0 Å². The Balaban J connectivity index is 1.46. The van der Waals surface area contributed by atoms with Gasteiger partial charge in [0.25, 0.3) is 5.97 Å². The highest BCUT2D eigenvalue weighted by Gasteiger charge is 3.03. The number of methoxy groups -OCH3 is 1. The summed E-state index contributed by atoms with van der Waals surface area (Å²) in [4.78, 5) is 40.7. The molecule has 272 valence electrons. The molecule has 4 saturated carbocycles. The number of hydrogen-bond acceptors (Lipinski definition) is 13. The third-order valence-corrected chi connectivity index (χ3v) is 14.5. The lowest BCUT2D eigenvalue weighted by Gasteiger charge is -2.75. The maximum atomic E-state index is 13.7. The monoisotopic (exact) mass is 698 g/mol. The number of carbonyl (C=O) groups is 3. The molecule has 13 nitrogen and oxygen atoms in total. The number of hydrogen-bond donors (Lipinski definition) is 3. The molecule has 3 aliphatic heterocycles. The first-order valence-electron chi connectivity index (χ1n) is 17.5. The van der Waals surface area contributed by atoms with E-state index in [1.54, 1.807) is 39.8 Å². The Bertz CT molecular complexity index is 1750. The van der Waals surface area contributed by atoms with Crippen molar-refractivity contribution in [2.45, 2.75) is 127 Å². The maximum absolute atomic E-state index is 13.7. The molecule has 1 aromatic heterocycles. The van der Waals surface area contributed by atoms with Crippen molar-refractivity contribution in [2.75, 3.05) is 7.11 Å². The molecule has 3 N–H and O–H groups in total. The fraction of sp³-hybridized carbons (Fsp3) is 0.703. The van der Waals surface area contributed by atoms with Gasteiger partial charge in [0, 0.05) is 45.3 Å². The standard InChI is InChI=1S/C37H46O13/c1-9-18(3)26(40)47-28-31(6)17-33(42)32(7,24(31)23(39)27(41)44-8)34-13-12-30(5)21(15-22(38)46-25(30)20-11-14-45-16-20)36(34)29(35(28,33)43)48-37(49-34,50-36)19(4)10-2/h9,11,14-16,19,23-25,28-29,39,42-43H,10,12-13,17H2,1-8H3/b18-9+/t19?,23-,24+,25+,28+,29-,30-,31-,32-,33-,34?,35?,36?,37?/m1/s1. The van der Waals surface area contributed by atoms with Gasteiger partial charge >= 0.3 is 17.9 Å². The van der Waals surface area contributed by atoms with Crippen LogP contribution in [-0.2, 0) is 42.8 Å². The van der Waals surface area contributed by atoms with Crippen LogP contribution in [0.3, 0.4) is 0 Å². The third-order valence-electron chi connectivity index (χ3n) is 14.5. The van der Waals surface area contributed by atoms with Crippen molar-refractivity contribution in [2.24, 2.45) is 28.1 Å². The third kappa shape index (κ3) is 3.23. The maximum Gasteiger partial charge on any atom is 0.335 e. The molecule has 7 aliphatic rings. The summed E-state index contributed by atoms with van der Waals surface area (Å²) in [5, 5.41) is 39.0. The Labute approximate surface area is 289 Å². The van der Waals surface area contributed by atoms with Crippen LogP contribution in [0.2, 0.25) is 0 Å². The molecule has 14 atom stereocenters. The molecule has 6 fully saturated rings. The molecule has 4 bridgehead atoms. The molecule has 13 heteroatoms. The highest BCUT2D eigenvalue weighted by atomic mass is 17.0. The van der Waals surface area contributed by atoms with Gasteiger partial charge in [0.15, 0.2) is 17.3 Å². The number of esters is 3. The predicted molar refractivity (Wildman–Crippen MR) is 169 cm³/mol. The smallest absolute Gasteiger partial charge is 0.335 e. The summed E-state index contributed by atoms with van der Waals surface area (Å²) < 4.78 is 44.0. The van der Waals surface area contributed by atoms with E-state index in [9.17, 15) is 29.7 Å². The van der Waals surface area contributed by atoms with Gasteiger partial charge in [-0.25, -0.2) is 14.4 Å². The fourth-order valence-electron chi connectivity index (χ4n) is 12.1. The lowest BCUT2D eigenvalue weighted by atomic mass is 9.34. The minimum absolute atomic E-state index is 0.183. The Kier molecular flexibility index (Phi) is 6.72.